The van der Waals surface area contributed by atoms with Crippen molar-refractivity contribution in [3.63, 3.8) is 0 Å². The molecule has 0 saturated carbocycles. The third-order valence-electron chi connectivity index (χ3n) is 3.21. The second-order valence-corrected chi connectivity index (χ2v) is 5.21. The van der Waals surface area contributed by atoms with Crippen molar-refractivity contribution < 1.29 is 9.59 Å². The molecule has 2 aliphatic heterocycles. The molecule has 2 saturated heterocycles. The van der Waals surface area contributed by atoms with E-state index in [1.54, 1.807) is 28.4 Å². The molecule has 1 N–H and O–H groups in total. The number of fused-ring (bicyclic) bond motifs is 1. The minimum atomic E-state index is -0.226. The van der Waals surface area contributed by atoms with Gasteiger partial charge in [0.2, 0.25) is 11.8 Å². The summed E-state index contributed by atoms with van der Waals surface area (Å²) in [4.78, 5) is 26.0. The van der Waals surface area contributed by atoms with Gasteiger partial charge in [-0.15, -0.1) is 11.3 Å². The van der Waals surface area contributed by atoms with E-state index in [0.717, 1.165) is 11.3 Å². The van der Waals surface area contributed by atoms with Gasteiger partial charge in [-0.1, -0.05) is 6.07 Å². The van der Waals surface area contributed by atoms with Gasteiger partial charge in [-0.2, -0.15) is 0 Å². The van der Waals surface area contributed by atoms with E-state index in [4.69, 9.17) is 0 Å². The van der Waals surface area contributed by atoms with Crippen LogP contribution in [0.4, 0.5) is 0 Å². The lowest BCUT2D eigenvalue weighted by atomic mass is 10.0. The van der Waals surface area contributed by atoms with Crippen LogP contribution < -0.4 is 5.32 Å². The highest BCUT2D eigenvalue weighted by molar-refractivity contribution is 7.10. The fraction of sp³-hybridized carbons (Fsp3) is 0.333. The molecule has 0 radical (unpaired) electrons. The third kappa shape index (κ3) is 1.76. The number of nitrogens with zero attached hydrogens (tertiary/aromatic N) is 1. The molecule has 5 heteroatoms. The standard InChI is InChI=1S/C12H12N2O2S/c15-10(4-3-8-2-1-7-17-8)14-6-5-9-11(14)12(16)13-9/h1-4,7,9,11H,5-6H2,(H,13,16)/b4-3+/t9?,11-/m0/s1. The van der Waals surface area contributed by atoms with Crippen LogP contribution in [0.1, 0.15) is 11.3 Å². The van der Waals surface area contributed by atoms with Gasteiger partial charge in [0.1, 0.15) is 6.04 Å². The molecule has 2 atom stereocenters. The van der Waals surface area contributed by atoms with E-state index in [1.807, 2.05) is 17.5 Å². The number of carbonyl (C=O) groups excluding carboxylic acids is 2. The Morgan fingerprint density at radius 1 is 1.59 bits per heavy atom. The van der Waals surface area contributed by atoms with Gasteiger partial charge < -0.3 is 10.2 Å². The van der Waals surface area contributed by atoms with Crippen LogP contribution >= 0.6 is 11.3 Å². The lowest BCUT2D eigenvalue weighted by Crippen LogP contribution is -2.64. The Bertz CT molecular complexity index is 481. The summed E-state index contributed by atoms with van der Waals surface area (Å²) in [6.45, 7) is 0.668. The van der Waals surface area contributed by atoms with Crippen LogP contribution in [0.15, 0.2) is 23.6 Å². The SMILES string of the molecule is O=C1NC2CCN(C(=O)/C=C/c3cccs3)[C@H]12. The van der Waals surface area contributed by atoms with Gasteiger partial charge in [0.05, 0.1) is 6.04 Å². The largest absolute Gasteiger partial charge is 0.349 e. The Hall–Kier alpha value is -1.62. The van der Waals surface area contributed by atoms with Gasteiger partial charge >= 0.3 is 0 Å². The number of likely N-dealkylation sites (tertiary alicyclic amines) is 1. The van der Waals surface area contributed by atoms with Gasteiger partial charge in [-0.05, 0) is 23.9 Å². The molecule has 2 aliphatic rings. The maximum Gasteiger partial charge on any atom is 0.247 e. The number of carbonyl (C=O) groups is 2. The number of rotatable bonds is 2. The van der Waals surface area contributed by atoms with Crippen molar-refractivity contribution in [3.05, 3.63) is 28.5 Å². The van der Waals surface area contributed by atoms with Crippen LogP contribution in [-0.4, -0.2) is 35.3 Å². The van der Waals surface area contributed by atoms with Crippen molar-refractivity contribution in [2.45, 2.75) is 18.5 Å². The zero-order chi connectivity index (χ0) is 11.8. The molecule has 3 rings (SSSR count). The Kier molecular flexibility index (Phi) is 2.48. The fourth-order valence-corrected chi connectivity index (χ4v) is 2.94. The van der Waals surface area contributed by atoms with Gasteiger partial charge in [0.15, 0.2) is 0 Å². The third-order valence-corrected chi connectivity index (χ3v) is 4.05. The maximum absolute atomic E-state index is 11.9. The van der Waals surface area contributed by atoms with Crippen LogP contribution in [-0.2, 0) is 9.59 Å². The molecule has 2 amide bonds. The summed E-state index contributed by atoms with van der Waals surface area (Å²) < 4.78 is 0. The summed E-state index contributed by atoms with van der Waals surface area (Å²) in [5, 5.41) is 4.77. The van der Waals surface area contributed by atoms with Crippen molar-refractivity contribution in [2.75, 3.05) is 6.54 Å². The number of hydrogen-bond acceptors (Lipinski definition) is 3. The van der Waals surface area contributed by atoms with Gasteiger partial charge in [0, 0.05) is 17.5 Å². The molecule has 1 unspecified atom stereocenters. The summed E-state index contributed by atoms with van der Waals surface area (Å²) in [5.41, 5.74) is 0. The number of nitrogens with one attached hydrogen (secondary N) is 1. The van der Waals surface area contributed by atoms with Gasteiger partial charge in [-0.3, -0.25) is 9.59 Å². The van der Waals surface area contributed by atoms with E-state index in [9.17, 15) is 9.59 Å². The Balaban J connectivity index is 1.69. The molecular weight excluding hydrogens is 236 g/mol. The first-order valence-corrected chi connectivity index (χ1v) is 6.46. The number of amides is 2. The van der Waals surface area contributed by atoms with Crippen molar-refractivity contribution in [1.82, 2.24) is 10.2 Å². The summed E-state index contributed by atoms with van der Waals surface area (Å²) >= 11 is 1.59. The van der Waals surface area contributed by atoms with E-state index >= 15 is 0 Å². The van der Waals surface area contributed by atoms with E-state index in [1.165, 1.54) is 0 Å². The van der Waals surface area contributed by atoms with Crippen molar-refractivity contribution in [2.24, 2.45) is 0 Å². The molecule has 0 aromatic carbocycles. The molecular formula is C12H12N2O2S. The van der Waals surface area contributed by atoms with E-state index in [-0.39, 0.29) is 23.9 Å². The predicted molar refractivity (Wildman–Crippen MR) is 65.4 cm³/mol. The van der Waals surface area contributed by atoms with Crippen molar-refractivity contribution in [1.29, 1.82) is 0 Å². The van der Waals surface area contributed by atoms with E-state index in [0.29, 0.717) is 6.54 Å². The minimum absolute atomic E-state index is 0.0228. The van der Waals surface area contributed by atoms with Crippen molar-refractivity contribution >= 4 is 29.2 Å². The topological polar surface area (TPSA) is 49.4 Å². The first kappa shape index (κ1) is 10.5. The second kappa shape index (κ2) is 4.00. The average molecular weight is 248 g/mol. The van der Waals surface area contributed by atoms with Crippen LogP contribution in [0.2, 0.25) is 0 Å². The highest BCUT2D eigenvalue weighted by atomic mass is 32.1. The van der Waals surface area contributed by atoms with Gasteiger partial charge in [-0.25, -0.2) is 0 Å². The molecule has 1 aromatic rings. The summed E-state index contributed by atoms with van der Waals surface area (Å²) in [6, 6.07) is 3.86. The molecule has 88 valence electrons. The fourth-order valence-electron chi connectivity index (χ4n) is 2.32. The maximum atomic E-state index is 11.9. The predicted octanol–water partition coefficient (Wildman–Crippen LogP) is 0.861. The van der Waals surface area contributed by atoms with E-state index < -0.39 is 0 Å². The van der Waals surface area contributed by atoms with Gasteiger partial charge in [0.25, 0.3) is 0 Å². The number of thiophene rings is 1. The monoisotopic (exact) mass is 248 g/mol. The molecule has 2 fully saturated rings. The molecule has 1 aromatic heterocycles. The quantitative estimate of drug-likeness (QED) is 0.623. The highest BCUT2D eigenvalue weighted by Crippen LogP contribution is 2.25. The summed E-state index contributed by atoms with van der Waals surface area (Å²) in [7, 11) is 0. The van der Waals surface area contributed by atoms with Crippen LogP contribution in [0.5, 0.6) is 0 Å². The Morgan fingerprint density at radius 3 is 3.18 bits per heavy atom. The first-order chi connectivity index (χ1) is 8.25. The molecule has 0 aliphatic carbocycles. The molecule has 3 heterocycles. The molecule has 17 heavy (non-hydrogen) atoms. The van der Waals surface area contributed by atoms with E-state index in [2.05, 4.69) is 5.32 Å². The molecule has 4 nitrogen and oxygen atoms in total. The number of β-lactam (4-membered cyclic amide) rings is 1. The molecule has 0 bridgehead atoms. The van der Waals surface area contributed by atoms with Crippen LogP contribution in [0, 0.1) is 0 Å². The van der Waals surface area contributed by atoms with Crippen molar-refractivity contribution in [3.8, 4) is 0 Å². The smallest absolute Gasteiger partial charge is 0.247 e. The lowest BCUT2D eigenvalue weighted by molar-refractivity contribution is -0.141. The molecule has 0 spiro atoms. The lowest BCUT2D eigenvalue weighted by Gasteiger charge is -2.35. The summed E-state index contributed by atoms with van der Waals surface area (Å²) in [6.07, 6.45) is 4.23. The Morgan fingerprint density at radius 2 is 2.47 bits per heavy atom. The van der Waals surface area contributed by atoms with Crippen LogP contribution in [0.3, 0.4) is 0 Å². The minimum Gasteiger partial charge on any atom is -0.349 e. The average Bonchev–Trinajstić information content (AvgIpc) is 2.91. The summed E-state index contributed by atoms with van der Waals surface area (Å²) in [5.74, 6) is -0.0916. The normalized spacial score (nSPS) is 26.8. The van der Waals surface area contributed by atoms with Crippen LogP contribution in [0.25, 0.3) is 6.08 Å². The second-order valence-electron chi connectivity index (χ2n) is 4.23. The zero-order valence-corrected chi connectivity index (χ0v) is 9.94. The zero-order valence-electron chi connectivity index (χ0n) is 9.13. The number of hydrogen-bond donors (Lipinski definition) is 1. The Labute approximate surface area is 103 Å². The first-order valence-electron chi connectivity index (χ1n) is 5.58. The highest BCUT2D eigenvalue weighted by Gasteiger charge is 2.49.